The molecule has 2 rings (SSSR count). The molecule has 138 valence electrons. The number of nitrogens with zero attached hydrogens (tertiary/aromatic N) is 3. The summed E-state index contributed by atoms with van der Waals surface area (Å²) in [6, 6.07) is 1.68. The van der Waals surface area contributed by atoms with Crippen molar-refractivity contribution in [3.63, 3.8) is 0 Å². The summed E-state index contributed by atoms with van der Waals surface area (Å²) in [5.74, 6) is 0.911. The second-order valence-corrected chi connectivity index (χ2v) is 7.45. The Labute approximate surface area is 154 Å². The SMILES string of the molecule is CCCNc1nc(C(C)(C)C)nn1-c1c(Cl)cc(C(F)(F)F)cc1Cl. The molecule has 1 aromatic heterocycles. The van der Waals surface area contributed by atoms with Gasteiger partial charge in [-0.2, -0.15) is 22.8 Å². The van der Waals surface area contributed by atoms with Crippen molar-refractivity contribution in [2.24, 2.45) is 0 Å². The number of hydrogen-bond donors (Lipinski definition) is 1. The fourth-order valence-electron chi connectivity index (χ4n) is 2.07. The summed E-state index contributed by atoms with van der Waals surface area (Å²) in [7, 11) is 0. The highest BCUT2D eigenvalue weighted by molar-refractivity contribution is 6.37. The van der Waals surface area contributed by atoms with Crippen LogP contribution >= 0.6 is 23.2 Å². The van der Waals surface area contributed by atoms with Crippen molar-refractivity contribution in [1.82, 2.24) is 14.8 Å². The summed E-state index contributed by atoms with van der Waals surface area (Å²) in [6.07, 6.45) is -3.69. The molecule has 0 radical (unpaired) electrons. The summed E-state index contributed by atoms with van der Waals surface area (Å²) in [4.78, 5) is 4.45. The Hall–Kier alpha value is -1.47. The van der Waals surface area contributed by atoms with Gasteiger partial charge in [0.1, 0.15) is 5.69 Å². The van der Waals surface area contributed by atoms with E-state index in [1.165, 1.54) is 4.68 Å². The first-order valence-corrected chi connectivity index (χ1v) is 8.48. The Morgan fingerprint density at radius 2 is 1.68 bits per heavy atom. The predicted octanol–water partition coefficient (Wildman–Crippen LogP) is 5.71. The highest BCUT2D eigenvalue weighted by Crippen LogP contribution is 2.38. The zero-order valence-electron chi connectivity index (χ0n) is 14.3. The lowest BCUT2D eigenvalue weighted by molar-refractivity contribution is -0.137. The minimum absolute atomic E-state index is 0.148. The van der Waals surface area contributed by atoms with Crippen LogP contribution in [0.2, 0.25) is 10.0 Å². The molecule has 4 nitrogen and oxygen atoms in total. The maximum absolute atomic E-state index is 12.9. The van der Waals surface area contributed by atoms with Crippen LogP contribution in [0.25, 0.3) is 5.69 Å². The quantitative estimate of drug-likeness (QED) is 0.721. The molecule has 0 aliphatic heterocycles. The second-order valence-electron chi connectivity index (χ2n) is 6.63. The molecule has 25 heavy (non-hydrogen) atoms. The molecular formula is C16H19Cl2F3N4. The monoisotopic (exact) mass is 394 g/mol. The number of benzene rings is 1. The zero-order valence-corrected chi connectivity index (χ0v) is 15.8. The molecule has 9 heteroatoms. The lowest BCUT2D eigenvalue weighted by Crippen LogP contribution is -2.14. The van der Waals surface area contributed by atoms with Gasteiger partial charge in [0.2, 0.25) is 5.95 Å². The van der Waals surface area contributed by atoms with Crippen LogP contribution in [-0.2, 0) is 11.6 Å². The van der Waals surface area contributed by atoms with Crippen LogP contribution in [0.5, 0.6) is 0 Å². The molecule has 0 unspecified atom stereocenters. The average Bonchev–Trinajstić information content (AvgIpc) is 2.87. The largest absolute Gasteiger partial charge is 0.416 e. The van der Waals surface area contributed by atoms with Crippen molar-refractivity contribution in [2.75, 3.05) is 11.9 Å². The van der Waals surface area contributed by atoms with E-state index in [1.807, 2.05) is 27.7 Å². The molecule has 0 amide bonds. The van der Waals surface area contributed by atoms with E-state index < -0.39 is 11.7 Å². The molecule has 0 aliphatic carbocycles. The summed E-state index contributed by atoms with van der Waals surface area (Å²) in [5, 5.41) is 7.22. The van der Waals surface area contributed by atoms with Gasteiger partial charge in [0, 0.05) is 12.0 Å². The van der Waals surface area contributed by atoms with Crippen LogP contribution in [0.4, 0.5) is 19.1 Å². The molecule has 0 fully saturated rings. The van der Waals surface area contributed by atoms with Crippen molar-refractivity contribution in [3.8, 4) is 5.69 Å². The van der Waals surface area contributed by atoms with Gasteiger partial charge in [-0.15, -0.1) is 5.10 Å². The van der Waals surface area contributed by atoms with Gasteiger partial charge in [-0.3, -0.25) is 0 Å². The molecule has 2 aromatic rings. The minimum atomic E-state index is -4.53. The van der Waals surface area contributed by atoms with Crippen molar-refractivity contribution in [1.29, 1.82) is 0 Å². The lowest BCUT2D eigenvalue weighted by Gasteiger charge is -2.14. The molecule has 0 saturated carbocycles. The molecule has 1 N–H and O–H groups in total. The average molecular weight is 395 g/mol. The summed E-state index contributed by atoms with van der Waals surface area (Å²) in [5.41, 5.74) is -1.10. The highest BCUT2D eigenvalue weighted by Gasteiger charge is 2.33. The third-order valence-electron chi connectivity index (χ3n) is 3.37. The Balaban J connectivity index is 2.62. The number of halogens is 5. The first kappa shape index (κ1) is 19.8. The van der Waals surface area contributed by atoms with Gasteiger partial charge in [0.25, 0.3) is 0 Å². The molecule has 0 spiro atoms. The van der Waals surface area contributed by atoms with E-state index in [1.54, 1.807) is 0 Å². The first-order chi connectivity index (χ1) is 11.4. The number of alkyl halides is 3. The van der Waals surface area contributed by atoms with Gasteiger partial charge in [-0.05, 0) is 18.6 Å². The van der Waals surface area contributed by atoms with Crippen molar-refractivity contribution in [2.45, 2.75) is 45.7 Å². The normalized spacial score (nSPS) is 12.5. The Morgan fingerprint density at radius 3 is 2.12 bits per heavy atom. The minimum Gasteiger partial charge on any atom is -0.354 e. The molecule has 0 saturated heterocycles. The number of anilines is 1. The molecule has 1 aromatic carbocycles. The van der Waals surface area contributed by atoms with Crippen molar-refractivity contribution >= 4 is 29.2 Å². The van der Waals surface area contributed by atoms with Crippen LogP contribution in [0.1, 0.15) is 45.5 Å². The summed E-state index contributed by atoms with van der Waals surface area (Å²) < 4.78 is 40.1. The van der Waals surface area contributed by atoms with E-state index in [2.05, 4.69) is 15.4 Å². The fourth-order valence-corrected chi connectivity index (χ4v) is 2.72. The Morgan fingerprint density at radius 1 is 1.12 bits per heavy atom. The third kappa shape index (κ3) is 4.39. The van der Waals surface area contributed by atoms with Crippen LogP contribution in [-0.4, -0.2) is 21.3 Å². The number of aromatic nitrogens is 3. The maximum atomic E-state index is 12.9. The first-order valence-electron chi connectivity index (χ1n) is 7.73. The van der Waals surface area contributed by atoms with E-state index in [4.69, 9.17) is 23.2 Å². The van der Waals surface area contributed by atoms with E-state index in [9.17, 15) is 13.2 Å². The standard InChI is InChI=1S/C16H19Cl2F3N4/c1-5-6-22-14-23-13(15(2,3)4)24-25(14)12-10(17)7-9(8-11(12)18)16(19,20)21/h7-8H,5-6H2,1-4H3,(H,22,23,24). The number of rotatable bonds is 4. The van der Waals surface area contributed by atoms with Gasteiger partial charge < -0.3 is 5.32 Å². The van der Waals surface area contributed by atoms with Crippen molar-refractivity contribution < 1.29 is 13.2 Å². The van der Waals surface area contributed by atoms with Crippen LogP contribution < -0.4 is 5.32 Å². The van der Waals surface area contributed by atoms with Crippen LogP contribution in [0.3, 0.4) is 0 Å². The van der Waals surface area contributed by atoms with Crippen molar-refractivity contribution in [3.05, 3.63) is 33.6 Å². The number of hydrogen-bond acceptors (Lipinski definition) is 3. The fraction of sp³-hybridized carbons (Fsp3) is 0.500. The Bertz CT molecular complexity index is 741. The maximum Gasteiger partial charge on any atom is 0.416 e. The molecule has 1 heterocycles. The van der Waals surface area contributed by atoms with Gasteiger partial charge >= 0.3 is 6.18 Å². The lowest BCUT2D eigenvalue weighted by atomic mass is 9.96. The highest BCUT2D eigenvalue weighted by atomic mass is 35.5. The zero-order chi connectivity index (χ0) is 19.0. The molecule has 0 atom stereocenters. The van der Waals surface area contributed by atoms with E-state index in [-0.39, 0.29) is 21.1 Å². The van der Waals surface area contributed by atoms with Gasteiger partial charge in [0.05, 0.1) is 15.6 Å². The summed E-state index contributed by atoms with van der Waals surface area (Å²) >= 11 is 12.2. The third-order valence-corrected chi connectivity index (χ3v) is 3.94. The summed E-state index contributed by atoms with van der Waals surface area (Å²) in [6.45, 7) is 8.42. The van der Waals surface area contributed by atoms with Crippen LogP contribution in [0, 0.1) is 0 Å². The van der Waals surface area contributed by atoms with Gasteiger partial charge in [-0.1, -0.05) is 50.9 Å². The van der Waals surface area contributed by atoms with E-state index in [0.29, 0.717) is 18.3 Å². The van der Waals surface area contributed by atoms with Gasteiger partial charge in [0.15, 0.2) is 5.82 Å². The van der Waals surface area contributed by atoms with E-state index in [0.717, 1.165) is 18.6 Å². The molecule has 0 bridgehead atoms. The predicted molar refractivity (Wildman–Crippen MR) is 93.9 cm³/mol. The van der Waals surface area contributed by atoms with Crippen LogP contribution in [0.15, 0.2) is 12.1 Å². The molecular weight excluding hydrogens is 376 g/mol. The van der Waals surface area contributed by atoms with E-state index >= 15 is 0 Å². The second kappa shape index (κ2) is 7.03. The Kier molecular flexibility index (Phi) is 5.59. The number of nitrogens with one attached hydrogen (secondary N) is 1. The molecule has 0 aliphatic rings. The van der Waals surface area contributed by atoms with Gasteiger partial charge in [-0.25, -0.2) is 0 Å². The smallest absolute Gasteiger partial charge is 0.354 e. The topological polar surface area (TPSA) is 42.7 Å².